The number of para-hydroxylation sites is 1. The second-order valence-electron chi connectivity index (χ2n) is 5.69. The molecule has 0 aliphatic heterocycles. The summed E-state index contributed by atoms with van der Waals surface area (Å²) in [6.45, 7) is 2.60. The largest absolute Gasteiger partial charge is 0.398 e. The van der Waals surface area contributed by atoms with Gasteiger partial charge >= 0.3 is 0 Å². The maximum absolute atomic E-state index is 12.2. The molecule has 2 rings (SSSR count). The third-order valence-corrected chi connectivity index (χ3v) is 4.38. The van der Waals surface area contributed by atoms with Gasteiger partial charge in [-0.15, -0.1) is 0 Å². The summed E-state index contributed by atoms with van der Waals surface area (Å²) in [6.07, 6.45) is 3.52. The molecule has 1 aromatic rings. The first-order valence-electron chi connectivity index (χ1n) is 6.77. The van der Waals surface area contributed by atoms with Gasteiger partial charge in [0.25, 0.3) is 5.91 Å². The smallest absolute Gasteiger partial charge is 0.253 e. The lowest BCUT2D eigenvalue weighted by atomic mass is 9.75. The third-order valence-electron chi connectivity index (χ3n) is 4.38. The van der Waals surface area contributed by atoms with Crippen molar-refractivity contribution in [1.29, 1.82) is 0 Å². The summed E-state index contributed by atoms with van der Waals surface area (Å²) >= 11 is 0. The molecule has 3 N–H and O–H groups in total. The van der Waals surface area contributed by atoms with Crippen LogP contribution in [0.25, 0.3) is 0 Å². The van der Waals surface area contributed by atoms with E-state index < -0.39 is 0 Å². The summed E-state index contributed by atoms with van der Waals surface area (Å²) in [4.78, 5) is 14.4. The Morgan fingerprint density at radius 3 is 2.63 bits per heavy atom. The lowest BCUT2D eigenvalue weighted by molar-refractivity contribution is 0.0558. The van der Waals surface area contributed by atoms with E-state index in [4.69, 9.17) is 5.73 Å². The van der Waals surface area contributed by atoms with E-state index in [1.54, 1.807) is 6.07 Å². The molecular weight excluding hydrogens is 238 g/mol. The van der Waals surface area contributed by atoms with Crippen LogP contribution in [0.15, 0.2) is 18.2 Å². The molecule has 0 radical (unpaired) electrons. The van der Waals surface area contributed by atoms with Crippen LogP contribution in [0, 0.1) is 6.92 Å². The normalized spacial score (nSPS) is 17.1. The average Bonchev–Trinajstić information content (AvgIpc) is 2.30. The summed E-state index contributed by atoms with van der Waals surface area (Å²) in [5.74, 6) is -0.0747. The van der Waals surface area contributed by atoms with Gasteiger partial charge in [-0.2, -0.15) is 0 Å². The molecule has 1 amide bonds. The highest BCUT2D eigenvalue weighted by atomic mass is 16.1. The van der Waals surface area contributed by atoms with Crippen molar-refractivity contribution >= 4 is 11.6 Å². The number of nitrogens with one attached hydrogen (secondary N) is 1. The number of rotatable bonds is 4. The minimum atomic E-state index is -0.0747. The molecule has 1 aliphatic carbocycles. The fraction of sp³-hybridized carbons (Fsp3) is 0.533. The van der Waals surface area contributed by atoms with Gasteiger partial charge in [0.05, 0.1) is 5.56 Å². The summed E-state index contributed by atoms with van der Waals surface area (Å²) in [5.41, 5.74) is 8.19. The highest BCUT2D eigenvalue weighted by molar-refractivity contribution is 5.99. The molecule has 0 bridgehead atoms. The third kappa shape index (κ3) is 2.59. The number of benzene rings is 1. The molecule has 1 fully saturated rings. The summed E-state index contributed by atoms with van der Waals surface area (Å²) in [7, 11) is 4.15. The van der Waals surface area contributed by atoms with Crippen molar-refractivity contribution in [2.24, 2.45) is 0 Å². The zero-order valence-electron chi connectivity index (χ0n) is 12.0. The number of nitrogen functional groups attached to an aromatic ring is 1. The minimum Gasteiger partial charge on any atom is -0.398 e. The molecule has 0 saturated heterocycles. The van der Waals surface area contributed by atoms with Crippen molar-refractivity contribution in [2.45, 2.75) is 31.7 Å². The summed E-state index contributed by atoms with van der Waals surface area (Å²) < 4.78 is 0. The number of likely N-dealkylation sites (N-methyl/N-ethyl adjacent to an activating group) is 1. The van der Waals surface area contributed by atoms with Crippen LogP contribution in [0.4, 0.5) is 5.69 Å². The molecular formula is C15H23N3O. The maximum Gasteiger partial charge on any atom is 0.253 e. The van der Waals surface area contributed by atoms with E-state index in [0.29, 0.717) is 17.8 Å². The predicted octanol–water partition coefficient (Wildman–Crippen LogP) is 1.79. The zero-order valence-corrected chi connectivity index (χ0v) is 12.0. The van der Waals surface area contributed by atoms with Crippen LogP contribution >= 0.6 is 0 Å². The lowest BCUT2D eigenvalue weighted by Gasteiger charge is -2.47. The van der Waals surface area contributed by atoms with E-state index in [1.165, 1.54) is 6.42 Å². The Labute approximate surface area is 115 Å². The van der Waals surface area contributed by atoms with Crippen molar-refractivity contribution in [3.05, 3.63) is 29.3 Å². The van der Waals surface area contributed by atoms with E-state index in [-0.39, 0.29) is 11.4 Å². The molecule has 0 heterocycles. The Morgan fingerprint density at radius 2 is 2.11 bits per heavy atom. The summed E-state index contributed by atoms with van der Waals surface area (Å²) in [6, 6.07) is 5.56. The Hall–Kier alpha value is -1.55. The number of nitrogens with zero attached hydrogens (tertiary/aromatic N) is 1. The molecule has 1 saturated carbocycles. The average molecular weight is 261 g/mol. The second kappa shape index (κ2) is 5.21. The van der Waals surface area contributed by atoms with Gasteiger partial charge in [-0.25, -0.2) is 0 Å². The number of carbonyl (C=O) groups excluding carboxylic acids is 1. The number of anilines is 1. The number of aryl methyl sites for hydroxylation is 1. The van der Waals surface area contributed by atoms with Crippen molar-refractivity contribution in [3.8, 4) is 0 Å². The Kier molecular flexibility index (Phi) is 3.80. The van der Waals surface area contributed by atoms with E-state index in [9.17, 15) is 4.79 Å². The van der Waals surface area contributed by atoms with E-state index in [1.807, 2.05) is 19.1 Å². The van der Waals surface area contributed by atoms with Crippen LogP contribution in [0.5, 0.6) is 0 Å². The lowest BCUT2D eigenvalue weighted by Crippen LogP contribution is -2.57. The molecule has 19 heavy (non-hydrogen) atoms. The zero-order chi connectivity index (χ0) is 14.0. The van der Waals surface area contributed by atoms with Crippen molar-refractivity contribution in [1.82, 2.24) is 10.2 Å². The number of carbonyl (C=O) groups is 1. The van der Waals surface area contributed by atoms with Crippen molar-refractivity contribution in [3.63, 3.8) is 0 Å². The Balaban J connectivity index is 2.04. The van der Waals surface area contributed by atoms with Crippen LogP contribution in [0.2, 0.25) is 0 Å². The quantitative estimate of drug-likeness (QED) is 0.812. The molecule has 104 valence electrons. The second-order valence-corrected chi connectivity index (χ2v) is 5.69. The van der Waals surface area contributed by atoms with Gasteiger partial charge in [0.1, 0.15) is 0 Å². The van der Waals surface area contributed by atoms with Crippen LogP contribution in [-0.2, 0) is 0 Å². The van der Waals surface area contributed by atoms with Crippen LogP contribution < -0.4 is 11.1 Å². The highest BCUT2D eigenvalue weighted by Crippen LogP contribution is 2.35. The first-order valence-corrected chi connectivity index (χ1v) is 6.77. The van der Waals surface area contributed by atoms with Gasteiger partial charge in [-0.1, -0.05) is 12.1 Å². The van der Waals surface area contributed by atoms with Crippen molar-refractivity contribution < 1.29 is 4.79 Å². The van der Waals surface area contributed by atoms with Crippen molar-refractivity contribution in [2.75, 3.05) is 26.4 Å². The van der Waals surface area contributed by atoms with E-state index in [2.05, 4.69) is 24.3 Å². The highest BCUT2D eigenvalue weighted by Gasteiger charge is 2.39. The van der Waals surface area contributed by atoms with Gasteiger partial charge in [0.15, 0.2) is 0 Å². The maximum atomic E-state index is 12.2. The topological polar surface area (TPSA) is 58.4 Å². The molecule has 4 nitrogen and oxygen atoms in total. The SMILES string of the molecule is Cc1cccc(C(=O)NCC2(N(C)C)CCC2)c1N. The Bertz CT molecular complexity index is 478. The predicted molar refractivity (Wildman–Crippen MR) is 78.2 cm³/mol. The van der Waals surface area contributed by atoms with E-state index >= 15 is 0 Å². The van der Waals surface area contributed by atoms with Gasteiger partial charge in [0, 0.05) is 17.8 Å². The first-order chi connectivity index (χ1) is 8.96. The molecule has 0 unspecified atom stereocenters. The first kappa shape index (κ1) is 13.9. The van der Waals surface area contributed by atoms with E-state index in [0.717, 1.165) is 18.4 Å². The van der Waals surface area contributed by atoms with Gasteiger partial charge in [0.2, 0.25) is 0 Å². The van der Waals surface area contributed by atoms with Crippen LogP contribution in [-0.4, -0.2) is 37.0 Å². The monoisotopic (exact) mass is 261 g/mol. The fourth-order valence-electron chi connectivity index (χ4n) is 2.59. The molecule has 0 atom stereocenters. The van der Waals surface area contributed by atoms with Crippen LogP contribution in [0.3, 0.4) is 0 Å². The fourth-order valence-corrected chi connectivity index (χ4v) is 2.59. The number of nitrogens with two attached hydrogens (primary N) is 1. The number of amides is 1. The van der Waals surface area contributed by atoms with Gasteiger partial charge in [-0.3, -0.25) is 4.79 Å². The van der Waals surface area contributed by atoms with Gasteiger partial charge in [-0.05, 0) is 51.9 Å². The Morgan fingerprint density at radius 1 is 1.42 bits per heavy atom. The standard InChI is InChI=1S/C15H23N3O/c1-11-6-4-7-12(13(11)16)14(19)17-10-15(18(2)3)8-5-9-15/h4,6-7H,5,8-10,16H2,1-3H3,(H,17,19). The van der Waals surface area contributed by atoms with Gasteiger partial charge < -0.3 is 16.0 Å². The molecule has 0 aromatic heterocycles. The molecule has 1 aliphatic rings. The van der Waals surface area contributed by atoms with Crippen LogP contribution in [0.1, 0.15) is 35.2 Å². The molecule has 1 aromatic carbocycles. The summed E-state index contributed by atoms with van der Waals surface area (Å²) in [5, 5.41) is 3.03. The minimum absolute atomic E-state index is 0.0747. The molecule has 4 heteroatoms. The number of hydrogen-bond acceptors (Lipinski definition) is 3. The number of hydrogen-bond donors (Lipinski definition) is 2. The molecule has 0 spiro atoms.